The molecule has 3 heterocycles. The molecular formula is C24H22FN5O2. The Hall–Kier alpha value is -3.94. The first-order valence-corrected chi connectivity index (χ1v) is 10.6. The summed E-state index contributed by atoms with van der Waals surface area (Å²) in [4.78, 5) is 34.7. The highest BCUT2D eigenvalue weighted by molar-refractivity contribution is 5.99. The maximum atomic E-state index is 13.4. The Morgan fingerprint density at radius 2 is 1.94 bits per heavy atom. The van der Waals surface area contributed by atoms with Crippen molar-refractivity contribution in [3.05, 3.63) is 78.6 Å². The zero-order chi connectivity index (χ0) is 22.1. The highest BCUT2D eigenvalue weighted by Crippen LogP contribution is 2.24. The summed E-state index contributed by atoms with van der Waals surface area (Å²) in [6, 6.07) is 15.3. The summed E-state index contributed by atoms with van der Waals surface area (Å²) in [5, 5.41) is 2.97. The van der Waals surface area contributed by atoms with Crippen molar-refractivity contribution in [3.8, 4) is 5.69 Å². The molecule has 162 valence electrons. The summed E-state index contributed by atoms with van der Waals surface area (Å²) in [5.74, 6) is 0.00262. The van der Waals surface area contributed by atoms with E-state index >= 15 is 0 Å². The average molecular weight is 431 g/mol. The predicted octanol–water partition coefficient (Wildman–Crippen LogP) is 3.66. The van der Waals surface area contributed by atoms with Gasteiger partial charge in [-0.2, -0.15) is 0 Å². The minimum Gasteiger partial charge on any atom is -0.342 e. The normalized spacial score (nSPS) is 15.5. The molecule has 2 aromatic heterocycles. The number of carbonyl (C=O) groups is 2. The molecule has 1 aliphatic heterocycles. The molecule has 5 rings (SSSR count). The Balaban J connectivity index is 1.22. The number of nitrogens with one attached hydrogen (secondary N) is 2. The van der Waals surface area contributed by atoms with Gasteiger partial charge >= 0.3 is 0 Å². The number of aromatic nitrogens is 3. The van der Waals surface area contributed by atoms with Crippen LogP contribution in [0.25, 0.3) is 16.7 Å². The third-order valence-electron chi connectivity index (χ3n) is 5.76. The fourth-order valence-corrected chi connectivity index (χ4v) is 4.00. The smallest absolute Gasteiger partial charge is 0.247 e. The molecule has 0 saturated carbocycles. The Morgan fingerprint density at radius 3 is 2.72 bits per heavy atom. The molecule has 0 unspecified atom stereocenters. The standard InChI is InChI=1S/C24H22FN5O2/c25-16-7-8-17-19(15-16)27-22(26-17)9-10-23(31)30-14-11-21(30)24(32)28-18-5-1-2-6-20(18)29-12-3-4-13-29/h1-8,12-13,15,21H,9-11,14H2,(H,26,27)(H,28,32)/t21-/m0/s1. The first kappa shape index (κ1) is 20.0. The molecule has 0 aliphatic carbocycles. The minimum atomic E-state index is -0.481. The first-order valence-electron chi connectivity index (χ1n) is 10.6. The number of anilines is 1. The van der Waals surface area contributed by atoms with Crippen molar-refractivity contribution in [2.45, 2.75) is 25.3 Å². The molecule has 2 N–H and O–H groups in total. The van der Waals surface area contributed by atoms with Gasteiger partial charge in [-0.05, 0) is 48.9 Å². The Labute approximate surface area is 183 Å². The van der Waals surface area contributed by atoms with Crippen LogP contribution in [0.5, 0.6) is 0 Å². The number of benzene rings is 2. The molecule has 1 fully saturated rings. The van der Waals surface area contributed by atoms with Crippen LogP contribution in [-0.4, -0.2) is 43.8 Å². The highest BCUT2D eigenvalue weighted by atomic mass is 19.1. The Morgan fingerprint density at radius 1 is 1.12 bits per heavy atom. The number of likely N-dealkylation sites (tertiary alicyclic amines) is 1. The number of imidazole rings is 1. The second kappa shape index (κ2) is 8.30. The first-order chi connectivity index (χ1) is 15.6. The predicted molar refractivity (Wildman–Crippen MR) is 119 cm³/mol. The van der Waals surface area contributed by atoms with Gasteiger partial charge in [0.2, 0.25) is 11.8 Å². The summed E-state index contributed by atoms with van der Waals surface area (Å²) >= 11 is 0. The zero-order valence-corrected chi connectivity index (χ0v) is 17.3. The molecule has 0 bridgehead atoms. The average Bonchev–Trinajstić information content (AvgIpc) is 3.41. The highest BCUT2D eigenvalue weighted by Gasteiger charge is 2.37. The summed E-state index contributed by atoms with van der Waals surface area (Å²) in [6.07, 6.45) is 5.09. The van der Waals surface area contributed by atoms with Gasteiger partial charge in [-0.1, -0.05) is 12.1 Å². The van der Waals surface area contributed by atoms with E-state index in [9.17, 15) is 14.0 Å². The van der Waals surface area contributed by atoms with Crippen molar-refractivity contribution in [2.24, 2.45) is 0 Å². The minimum absolute atomic E-state index is 0.0956. The van der Waals surface area contributed by atoms with Crippen molar-refractivity contribution in [1.29, 1.82) is 0 Å². The van der Waals surface area contributed by atoms with E-state index in [0.717, 1.165) is 5.69 Å². The summed E-state index contributed by atoms with van der Waals surface area (Å²) < 4.78 is 15.3. The number of hydrogen-bond acceptors (Lipinski definition) is 3. The maximum Gasteiger partial charge on any atom is 0.247 e. The van der Waals surface area contributed by atoms with Gasteiger partial charge in [0.25, 0.3) is 0 Å². The third-order valence-corrected chi connectivity index (χ3v) is 5.76. The third kappa shape index (κ3) is 3.87. The number of H-pyrrole nitrogens is 1. The molecule has 0 radical (unpaired) electrons. The number of fused-ring (bicyclic) bond motifs is 1. The van der Waals surface area contributed by atoms with E-state index in [4.69, 9.17) is 0 Å². The van der Waals surface area contributed by atoms with E-state index in [1.807, 2.05) is 53.4 Å². The van der Waals surface area contributed by atoms with E-state index < -0.39 is 6.04 Å². The monoisotopic (exact) mass is 431 g/mol. The lowest BCUT2D eigenvalue weighted by Crippen LogP contribution is -2.56. The second-order valence-corrected chi connectivity index (χ2v) is 7.83. The number of aromatic amines is 1. The van der Waals surface area contributed by atoms with Crippen LogP contribution in [0, 0.1) is 5.82 Å². The van der Waals surface area contributed by atoms with Crippen LogP contribution >= 0.6 is 0 Å². The molecule has 4 aromatic rings. The summed E-state index contributed by atoms with van der Waals surface area (Å²) in [7, 11) is 0. The van der Waals surface area contributed by atoms with Crippen LogP contribution in [0.4, 0.5) is 10.1 Å². The van der Waals surface area contributed by atoms with E-state index in [1.165, 1.54) is 12.1 Å². The van der Waals surface area contributed by atoms with Gasteiger partial charge in [0.15, 0.2) is 0 Å². The molecule has 1 aliphatic rings. The topological polar surface area (TPSA) is 83.0 Å². The largest absolute Gasteiger partial charge is 0.342 e. The van der Waals surface area contributed by atoms with Crippen LogP contribution in [0.3, 0.4) is 0 Å². The van der Waals surface area contributed by atoms with Crippen molar-refractivity contribution in [2.75, 3.05) is 11.9 Å². The second-order valence-electron chi connectivity index (χ2n) is 7.83. The van der Waals surface area contributed by atoms with Gasteiger partial charge in [-0.3, -0.25) is 9.59 Å². The number of amides is 2. The van der Waals surface area contributed by atoms with Gasteiger partial charge in [0.05, 0.1) is 22.4 Å². The van der Waals surface area contributed by atoms with Crippen LogP contribution in [0.2, 0.25) is 0 Å². The molecule has 8 heteroatoms. The maximum absolute atomic E-state index is 13.4. The molecule has 2 aromatic carbocycles. The van der Waals surface area contributed by atoms with Crippen LogP contribution < -0.4 is 5.32 Å². The lowest BCUT2D eigenvalue weighted by molar-refractivity contribution is -0.145. The van der Waals surface area contributed by atoms with E-state index in [2.05, 4.69) is 15.3 Å². The number of rotatable bonds is 6. The number of aryl methyl sites for hydroxylation is 1. The van der Waals surface area contributed by atoms with E-state index in [1.54, 1.807) is 11.0 Å². The van der Waals surface area contributed by atoms with Crippen LogP contribution in [-0.2, 0) is 16.0 Å². The molecular weight excluding hydrogens is 409 g/mol. The fourth-order valence-electron chi connectivity index (χ4n) is 4.00. The quantitative estimate of drug-likeness (QED) is 0.489. The molecule has 1 saturated heterocycles. The van der Waals surface area contributed by atoms with Crippen molar-refractivity contribution < 1.29 is 14.0 Å². The number of para-hydroxylation sites is 2. The SMILES string of the molecule is O=C(Nc1ccccc1-n1cccc1)[C@@H]1CCN1C(=O)CCc1nc2ccc(F)cc2[nH]1. The molecule has 0 spiro atoms. The van der Waals surface area contributed by atoms with Crippen molar-refractivity contribution in [3.63, 3.8) is 0 Å². The fraction of sp³-hybridized carbons (Fsp3) is 0.208. The Kier molecular flexibility index (Phi) is 5.18. The molecule has 1 atom stereocenters. The van der Waals surface area contributed by atoms with Gasteiger partial charge in [-0.25, -0.2) is 9.37 Å². The van der Waals surface area contributed by atoms with Gasteiger partial charge in [-0.15, -0.1) is 0 Å². The number of halogens is 1. The summed E-state index contributed by atoms with van der Waals surface area (Å²) in [6.45, 7) is 0.557. The van der Waals surface area contributed by atoms with Gasteiger partial charge < -0.3 is 19.8 Å². The van der Waals surface area contributed by atoms with Crippen LogP contribution in [0.15, 0.2) is 67.0 Å². The van der Waals surface area contributed by atoms with Crippen LogP contribution in [0.1, 0.15) is 18.7 Å². The van der Waals surface area contributed by atoms with E-state index in [-0.39, 0.29) is 24.1 Å². The van der Waals surface area contributed by atoms with Gasteiger partial charge in [0.1, 0.15) is 17.7 Å². The van der Waals surface area contributed by atoms with Gasteiger partial charge in [0, 0.05) is 31.8 Å². The number of hydrogen-bond donors (Lipinski definition) is 2. The Bertz CT molecular complexity index is 1280. The van der Waals surface area contributed by atoms with E-state index in [0.29, 0.717) is 41.9 Å². The lowest BCUT2D eigenvalue weighted by atomic mass is 10.0. The zero-order valence-electron chi connectivity index (χ0n) is 17.3. The molecule has 32 heavy (non-hydrogen) atoms. The van der Waals surface area contributed by atoms with Crippen molar-refractivity contribution >= 4 is 28.5 Å². The lowest BCUT2D eigenvalue weighted by Gasteiger charge is -2.39. The summed E-state index contributed by atoms with van der Waals surface area (Å²) in [5.41, 5.74) is 2.83. The van der Waals surface area contributed by atoms with Crippen molar-refractivity contribution in [1.82, 2.24) is 19.4 Å². The number of nitrogens with zero attached hydrogens (tertiary/aromatic N) is 3. The molecule has 2 amide bonds. The number of carbonyl (C=O) groups excluding carboxylic acids is 2. The molecule has 7 nitrogen and oxygen atoms in total.